The SMILES string of the molecule is CC(C)(C)[C@H](N)C(=O)Oc1ccccc1C(=O)Nc1ncc(Cl)s1.Cl. The largest absolute Gasteiger partial charge is 0.425 e. The molecule has 0 aliphatic rings. The van der Waals surface area contributed by atoms with Crippen LogP contribution in [0.4, 0.5) is 5.13 Å². The van der Waals surface area contributed by atoms with Gasteiger partial charge in [-0.2, -0.15) is 0 Å². The standard InChI is InChI=1S/C16H18ClN3O3S.ClH/c1-16(2,3)12(18)14(22)23-10-7-5-4-6-9(10)13(21)20-15-19-8-11(17)24-15;/h4-8,12H,18H2,1-3H3,(H,19,20,21);1H/t12-;/m1./s1. The molecule has 6 nitrogen and oxygen atoms in total. The summed E-state index contributed by atoms with van der Waals surface area (Å²) in [5.74, 6) is -0.906. The number of aromatic nitrogens is 1. The predicted octanol–water partition coefficient (Wildman–Crippen LogP) is 3.75. The van der Waals surface area contributed by atoms with Gasteiger partial charge in [-0.25, -0.2) is 9.78 Å². The molecule has 0 unspecified atom stereocenters. The molecule has 1 atom stereocenters. The Balaban J connectivity index is 0.00000312. The number of anilines is 1. The molecule has 0 saturated carbocycles. The Morgan fingerprint density at radius 3 is 2.52 bits per heavy atom. The van der Waals surface area contributed by atoms with E-state index in [1.807, 2.05) is 20.8 Å². The maximum absolute atomic E-state index is 12.4. The topological polar surface area (TPSA) is 94.3 Å². The lowest BCUT2D eigenvalue weighted by Gasteiger charge is -2.25. The van der Waals surface area contributed by atoms with Gasteiger partial charge in [0.15, 0.2) is 5.13 Å². The van der Waals surface area contributed by atoms with Gasteiger partial charge >= 0.3 is 5.97 Å². The monoisotopic (exact) mass is 403 g/mol. The van der Waals surface area contributed by atoms with Gasteiger partial charge in [-0.15, -0.1) is 12.4 Å². The summed E-state index contributed by atoms with van der Waals surface area (Å²) in [5, 5.41) is 2.97. The number of rotatable bonds is 4. The van der Waals surface area contributed by atoms with Crippen molar-refractivity contribution in [1.82, 2.24) is 4.98 Å². The molecule has 1 amide bonds. The molecule has 1 aromatic heterocycles. The van der Waals surface area contributed by atoms with E-state index in [1.54, 1.807) is 18.2 Å². The number of halogens is 2. The first-order valence-corrected chi connectivity index (χ1v) is 8.37. The average Bonchev–Trinajstić information content (AvgIpc) is 2.91. The molecule has 2 rings (SSSR count). The van der Waals surface area contributed by atoms with Crippen molar-refractivity contribution in [2.45, 2.75) is 26.8 Å². The van der Waals surface area contributed by atoms with Gasteiger partial charge in [0.25, 0.3) is 5.91 Å². The number of ether oxygens (including phenoxy) is 1. The van der Waals surface area contributed by atoms with Gasteiger partial charge in [0.1, 0.15) is 16.1 Å². The average molecular weight is 404 g/mol. The molecule has 1 aromatic carbocycles. The normalized spacial score (nSPS) is 12.0. The van der Waals surface area contributed by atoms with Crippen LogP contribution in [-0.2, 0) is 4.79 Å². The van der Waals surface area contributed by atoms with Crippen molar-refractivity contribution in [1.29, 1.82) is 0 Å². The first kappa shape index (κ1) is 21.4. The summed E-state index contributed by atoms with van der Waals surface area (Å²) < 4.78 is 5.79. The lowest BCUT2D eigenvalue weighted by atomic mass is 9.87. The summed E-state index contributed by atoms with van der Waals surface area (Å²) in [6, 6.07) is 5.62. The molecule has 0 bridgehead atoms. The Morgan fingerprint density at radius 2 is 1.96 bits per heavy atom. The van der Waals surface area contributed by atoms with E-state index in [0.29, 0.717) is 9.47 Å². The van der Waals surface area contributed by atoms with Crippen LogP contribution in [0.1, 0.15) is 31.1 Å². The quantitative estimate of drug-likeness (QED) is 0.598. The maximum Gasteiger partial charge on any atom is 0.328 e. The molecule has 2 aromatic rings. The smallest absolute Gasteiger partial charge is 0.328 e. The Bertz CT molecular complexity index is 759. The minimum atomic E-state index is -0.814. The number of nitrogens with zero attached hydrogens (tertiary/aromatic N) is 1. The van der Waals surface area contributed by atoms with E-state index in [0.717, 1.165) is 11.3 Å². The van der Waals surface area contributed by atoms with Gasteiger partial charge in [0, 0.05) is 0 Å². The Morgan fingerprint density at radius 1 is 1.32 bits per heavy atom. The fourth-order valence-electron chi connectivity index (χ4n) is 1.75. The van der Waals surface area contributed by atoms with Gasteiger partial charge in [-0.3, -0.25) is 10.1 Å². The van der Waals surface area contributed by atoms with Crippen molar-refractivity contribution in [3.8, 4) is 5.75 Å². The van der Waals surface area contributed by atoms with Gasteiger partial charge < -0.3 is 10.5 Å². The molecule has 136 valence electrons. The summed E-state index contributed by atoms with van der Waals surface area (Å²) in [5.41, 5.74) is 5.65. The molecule has 0 radical (unpaired) electrons. The number of carbonyl (C=O) groups excluding carboxylic acids is 2. The number of nitrogens with two attached hydrogens (primary N) is 1. The van der Waals surface area contributed by atoms with Gasteiger partial charge in [-0.1, -0.05) is 55.8 Å². The minimum absolute atomic E-state index is 0. The summed E-state index contributed by atoms with van der Waals surface area (Å²) in [7, 11) is 0. The molecule has 0 aliphatic heterocycles. The zero-order valence-corrected chi connectivity index (χ0v) is 16.3. The van der Waals surface area contributed by atoms with Crippen LogP contribution in [0.5, 0.6) is 5.75 Å². The molecule has 0 saturated heterocycles. The molecule has 25 heavy (non-hydrogen) atoms. The molecule has 0 fully saturated rings. The minimum Gasteiger partial charge on any atom is -0.425 e. The third-order valence-electron chi connectivity index (χ3n) is 3.23. The lowest BCUT2D eigenvalue weighted by molar-refractivity contribution is -0.138. The number of hydrogen-bond donors (Lipinski definition) is 2. The highest BCUT2D eigenvalue weighted by Crippen LogP contribution is 2.26. The van der Waals surface area contributed by atoms with E-state index in [9.17, 15) is 9.59 Å². The number of thiazole rings is 1. The number of carbonyl (C=O) groups is 2. The molecular formula is C16H19Cl2N3O3S. The molecule has 3 N–H and O–H groups in total. The van der Waals surface area contributed by atoms with Crippen LogP contribution < -0.4 is 15.8 Å². The van der Waals surface area contributed by atoms with Crippen molar-refractivity contribution >= 4 is 52.4 Å². The Hall–Kier alpha value is -1.67. The summed E-state index contributed by atoms with van der Waals surface area (Å²) in [4.78, 5) is 28.5. The first-order valence-electron chi connectivity index (χ1n) is 7.17. The van der Waals surface area contributed by atoms with Crippen molar-refractivity contribution in [2.24, 2.45) is 11.1 Å². The second-order valence-electron chi connectivity index (χ2n) is 6.18. The number of benzene rings is 1. The summed E-state index contributed by atoms with van der Waals surface area (Å²) in [6.07, 6.45) is 1.44. The van der Waals surface area contributed by atoms with Crippen molar-refractivity contribution in [2.75, 3.05) is 5.32 Å². The fraction of sp³-hybridized carbons (Fsp3) is 0.312. The molecular weight excluding hydrogens is 385 g/mol. The third-order valence-corrected chi connectivity index (χ3v) is 4.26. The third kappa shape index (κ3) is 5.67. The number of para-hydroxylation sites is 1. The van der Waals surface area contributed by atoms with Crippen molar-refractivity contribution in [3.05, 3.63) is 40.4 Å². The van der Waals surface area contributed by atoms with Crippen LogP contribution >= 0.6 is 35.3 Å². The highest BCUT2D eigenvalue weighted by Gasteiger charge is 2.30. The highest BCUT2D eigenvalue weighted by molar-refractivity contribution is 7.19. The lowest BCUT2D eigenvalue weighted by Crippen LogP contribution is -2.44. The van der Waals surface area contributed by atoms with Crippen LogP contribution in [0.15, 0.2) is 30.5 Å². The second kappa shape index (κ2) is 8.62. The maximum atomic E-state index is 12.4. The zero-order valence-electron chi connectivity index (χ0n) is 13.9. The zero-order chi connectivity index (χ0) is 17.9. The van der Waals surface area contributed by atoms with E-state index in [4.69, 9.17) is 22.1 Å². The van der Waals surface area contributed by atoms with E-state index < -0.39 is 23.3 Å². The van der Waals surface area contributed by atoms with Crippen LogP contribution in [0.3, 0.4) is 0 Å². The Kier molecular flexibility index (Phi) is 7.37. The van der Waals surface area contributed by atoms with Crippen LogP contribution in [0.2, 0.25) is 4.34 Å². The van der Waals surface area contributed by atoms with E-state index in [1.165, 1.54) is 12.3 Å². The molecule has 9 heteroatoms. The fourth-order valence-corrected chi connectivity index (χ4v) is 2.55. The number of amides is 1. The number of esters is 1. The first-order chi connectivity index (χ1) is 11.2. The summed E-state index contributed by atoms with van der Waals surface area (Å²) >= 11 is 6.92. The van der Waals surface area contributed by atoms with Gasteiger partial charge in [0.2, 0.25) is 0 Å². The summed E-state index contributed by atoms with van der Waals surface area (Å²) in [6.45, 7) is 5.51. The predicted molar refractivity (Wildman–Crippen MR) is 102 cm³/mol. The molecule has 0 aliphatic carbocycles. The van der Waals surface area contributed by atoms with E-state index >= 15 is 0 Å². The highest BCUT2D eigenvalue weighted by atomic mass is 35.5. The van der Waals surface area contributed by atoms with Crippen LogP contribution in [-0.4, -0.2) is 22.9 Å². The van der Waals surface area contributed by atoms with Crippen LogP contribution in [0, 0.1) is 5.41 Å². The van der Waals surface area contributed by atoms with E-state index in [2.05, 4.69) is 10.3 Å². The molecule has 1 heterocycles. The molecule has 0 spiro atoms. The van der Waals surface area contributed by atoms with E-state index in [-0.39, 0.29) is 23.7 Å². The van der Waals surface area contributed by atoms with Gasteiger partial charge in [0.05, 0.1) is 11.8 Å². The van der Waals surface area contributed by atoms with Gasteiger partial charge in [-0.05, 0) is 17.5 Å². The van der Waals surface area contributed by atoms with Crippen molar-refractivity contribution in [3.63, 3.8) is 0 Å². The number of nitrogens with one attached hydrogen (secondary N) is 1. The van der Waals surface area contributed by atoms with Crippen molar-refractivity contribution < 1.29 is 14.3 Å². The number of hydrogen-bond acceptors (Lipinski definition) is 6. The van der Waals surface area contributed by atoms with Crippen LogP contribution in [0.25, 0.3) is 0 Å². The Labute approximate surface area is 161 Å². The second-order valence-corrected chi connectivity index (χ2v) is 7.85.